The number of hydrogen-bond acceptors (Lipinski definition) is 6. The summed E-state index contributed by atoms with van der Waals surface area (Å²) < 4.78 is 51.9. The van der Waals surface area contributed by atoms with Crippen LogP contribution in [-0.2, 0) is 15.1 Å². The van der Waals surface area contributed by atoms with Gasteiger partial charge in [-0.25, -0.2) is 9.59 Å². The molecule has 152 valence electrons. The molecule has 0 saturated heterocycles. The number of carbonyl (C=O) groups excluding carboxylic acids is 2. The molecule has 0 bridgehead atoms. The maximum Gasteiger partial charge on any atom is 0.435 e. The number of rotatable bonds is 6. The average molecular weight is 416 g/mol. The van der Waals surface area contributed by atoms with Crippen LogP contribution in [0.5, 0.6) is 0 Å². The fourth-order valence-corrected chi connectivity index (χ4v) is 3.52. The number of alkyl carbamates (subject to hydrolysis) is 1. The second-order valence-electron chi connectivity index (χ2n) is 5.70. The summed E-state index contributed by atoms with van der Waals surface area (Å²) in [7, 11) is 0.968. The first-order valence-electron chi connectivity index (χ1n) is 8.18. The second-order valence-corrected chi connectivity index (χ2v) is 6.75. The van der Waals surface area contributed by atoms with Crippen molar-refractivity contribution in [2.24, 2.45) is 0 Å². The van der Waals surface area contributed by atoms with Crippen LogP contribution in [0.4, 0.5) is 23.0 Å². The predicted octanol–water partition coefficient (Wildman–Crippen LogP) is 4.42. The first-order chi connectivity index (χ1) is 13.1. The number of alkyl halides is 3. The average Bonchev–Trinajstić information content (AvgIpc) is 3.01. The molecule has 1 heterocycles. The van der Waals surface area contributed by atoms with E-state index >= 15 is 0 Å². The van der Waals surface area contributed by atoms with Crippen LogP contribution in [0, 0.1) is 6.92 Å². The lowest BCUT2D eigenvalue weighted by atomic mass is 9.98. The van der Waals surface area contributed by atoms with E-state index in [9.17, 15) is 22.8 Å². The van der Waals surface area contributed by atoms with Crippen molar-refractivity contribution in [3.8, 4) is 0 Å². The maximum absolute atomic E-state index is 14.2. The molecule has 0 fully saturated rings. The Labute approximate surface area is 163 Å². The molecule has 6 nitrogen and oxygen atoms in total. The summed E-state index contributed by atoms with van der Waals surface area (Å²) in [6.45, 7) is 3.35. The molecule has 1 atom stereocenters. The Morgan fingerprint density at radius 1 is 1.18 bits per heavy atom. The number of thiophene rings is 1. The standard InChI is InChI=1S/C18H19F3N2O4S/c1-4-27-15(24)14-11(2)10-13(28-14)22-17(18(19,20)21,23-16(25)26-3)12-8-6-5-7-9-12/h5-10,22H,4H2,1-3H3,(H,23,25). The van der Waals surface area contributed by atoms with Crippen molar-refractivity contribution in [3.63, 3.8) is 0 Å². The number of halogens is 3. The van der Waals surface area contributed by atoms with E-state index in [1.54, 1.807) is 19.9 Å². The Kier molecular flexibility index (Phi) is 6.55. The van der Waals surface area contributed by atoms with Crippen LogP contribution in [0.3, 0.4) is 0 Å². The number of hydrogen-bond donors (Lipinski definition) is 2. The topological polar surface area (TPSA) is 76.7 Å². The number of methoxy groups -OCH3 is 1. The van der Waals surface area contributed by atoms with Gasteiger partial charge in [0, 0.05) is 5.56 Å². The van der Waals surface area contributed by atoms with E-state index in [1.807, 2.05) is 5.32 Å². The van der Waals surface area contributed by atoms with E-state index in [-0.39, 0.29) is 22.0 Å². The zero-order valence-electron chi connectivity index (χ0n) is 15.3. The third-order valence-electron chi connectivity index (χ3n) is 3.80. The molecule has 0 radical (unpaired) electrons. The SMILES string of the molecule is CCOC(=O)c1sc(NC(NC(=O)OC)(c2ccccc2)C(F)(F)F)cc1C. The van der Waals surface area contributed by atoms with Crippen molar-refractivity contribution in [2.45, 2.75) is 25.7 Å². The quantitative estimate of drug-likeness (QED) is 0.539. The van der Waals surface area contributed by atoms with Gasteiger partial charge in [-0.15, -0.1) is 11.3 Å². The van der Waals surface area contributed by atoms with Crippen molar-refractivity contribution < 1.29 is 32.2 Å². The predicted molar refractivity (Wildman–Crippen MR) is 98.4 cm³/mol. The van der Waals surface area contributed by atoms with Gasteiger partial charge in [-0.2, -0.15) is 13.2 Å². The molecule has 0 aliphatic carbocycles. The molecule has 2 rings (SSSR count). The Balaban J connectivity index is 2.55. The summed E-state index contributed by atoms with van der Waals surface area (Å²) in [5.74, 6) is -0.628. The highest BCUT2D eigenvalue weighted by Crippen LogP contribution is 2.42. The molecule has 2 aromatic rings. The zero-order valence-corrected chi connectivity index (χ0v) is 16.2. The van der Waals surface area contributed by atoms with Gasteiger partial charge in [-0.3, -0.25) is 5.32 Å². The lowest BCUT2D eigenvalue weighted by Crippen LogP contribution is -2.61. The minimum atomic E-state index is -4.94. The van der Waals surface area contributed by atoms with Crippen LogP contribution in [0.15, 0.2) is 36.4 Å². The molecule has 0 saturated carbocycles. The Hall–Kier alpha value is -2.75. The van der Waals surface area contributed by atoms with E-state index in [0.29, 0.717) is 5.56 Å². The maximum atomic E-state index is 14.2. The lowest BCUT2D eigenvalue weighted by Gasteiger charge is -2.37. The number of anilines is 1. The van der Waals surface area contributed by atoms with Crippen LogP contribution >= 0.6 is 11.3 Å². The van der Waals surface area contributed by atoms with E-state index in [2.05, 4.69) is 10.1 Å². The highest BCUT2D eigenvalue weighted by molar-refractivity contribution is 7.18. The molecular weight excluding hydrogens is 397 g/mol. The van der Waals surface area contributed by atoms with Gasteiger partial charge in [0.1, 0.15) is 4.88 Å². The molecule has 0 aliphatic heterocycles. The van der Waals surface area contributed by atoms with Crippen LogP contribution in [-0.4, -0.2) is 32.0 Å². The number of benzene rings is 1. The highest BCUT2D eigenvalue weighted by atomic mass is 32.1. The summed E-state index contributed by atoms with van der Waals surface area (Å²) in [6.07, 6.45) is -6.21. The fourth-order valence-electron chi connectivity index (χ4n) is 2.50. The van der Waals surface area contributed by atoms with Gasteiger partial charge in [0.15, 0.2) is 0 Å². The Bertz CT molecular complexity index is 839. The first kappa shape index (κ1) is 21.5. The third kappa shape index (κ3) is 4.38. The third-order valence-corrected chi connectivity index (χ3v) is 4.93. The van der Waals surface area contributed by atoms with Gasteiger partial charge in [0.2, 0.25) is 5.66 Å². The van der Waals surface area contributed by atoms with Gasteiger partial charge < -0.3 is 14.8 Å². The Morgan fingerprint density at radius 3 is 2.36 bits per heavy atom. The Morgan fingerprint density at radius 2 is 1.82 bits per heavy atom. The molecule has 1 aromatic carbocycles. The number of carbonyl (C=O) groups is 2. The largest absolute Gasteiger partial charge is 0.462 e. The van der Waals surface area contributed by atoms with Crippen molar-refractivity contribution >= 4 is 28.4 Å². The molecule has 0 aliphatic rings. The van der Waals surface area contributed by atoms with Gasteiger partial charge in [0.25, 0.3) is 0 Å². The minimum absolute atomic E-state index is 0.0261. The van der Waals surface area contributed by atoms with E-state index < -0.39 is 23.9 Å². The first-order valence-corrected chi connectivity index (χ1v) is 9.00. The van der Waals surface area contributed by atoms with Gasteiger partial charge in [0.05, 0.1) is 18.7 Å². The molecule has 1 amide bonds. The van der Waals surface area contributed by atoms with Crippen LogP contribution in [0.25, 0.3) is 0 Å². The highest BCUT2D eigenvalue weighted by Gasteiger charge is 2.58. The molecule has 1 aromatic heterocycles. The smallest absolute Gasteiger partial charge is 0.435 e. The normalized spacial score (nSPS) is 13.4. The number of amides is 1. The van der Waals surface area contributed by atoms with Gasteiger partial charge in [-0.1, -0.05) is 30.3 Å². The second kappa shape index (κ2) is 8.51. The van der Waals surface area contributed by atoms with E-state index in [0.717, 1.165) is 18.4 Å². The van der Waals surface area contributed by atoms with Crippen LogP contribution < -0.4 is 10.6 Å². The molecule has 2 N–H and O–H groups in total. The zero-order chi connectivity index (χ0) is 20.9. The van der Waals surface area contributed by atoms with Gasteiger partial charge in [-0.05, 0) is 25.5 Å². The summed E-state index contributed by atoms with van der Waals surface area (Å²) in [6, 6.07) is 8.23. The fraction of sp³-hybridized carbons (Fsp3) is 0.333. The molecular formula is C18H19F3N2O4S. The number of esters is 1. The summed E-state index contributed by atoms with van der Waals surface area (Å²) >= 11 is 0.802. The number of ether oxygens (including phenoxy) is 2. The molecule has 28 heavy (non-hydrogen) atoms. The molecule has 0 spiro atoms. The van der Waals surface area contributed by atoms with Crippen molar-refractivity contribution in [1.29, 1.82) is 0 Å². The van der Waals surface area contributed by atoms with Crippen molar-refractivity contribution in [2.75, 3.05) is 19.0 Å². The van der Waals surface area contributed by atoms with Crippen LogP contribution in [0.2, 0.25) is 0 Å². The van der Waals surface area contributed by atoms with Crippen LogP contribution in [0.1, 0.15) is 27.7 Å². The monoisotopic (exact) mass is 416 g/mol. The van der Waals surface area contributed by atoms with E-state index in [4.69, 9.17) is 4.74 Å². The minimum Gasteiger partial charge on any atom is -0.462 e. The summed E-state index contributed by atoms with van der Waals surface area (Å²) in [5, 5.41) is 4.23. The lowest BCUT2D eigenvalue weighted by molar-refractivity contribution is -0.189. The molecule has 1 unspecified atom stereocenters. The summed E-state index contributed by atoms with van der Waals surface area (Å²) in [4.78, 5) is 23.9. The van der Waals surface area contributed by atoms with Gasteiger partial charge >= 0.3 is 18.2 Å². The number of aryl methyl sites for hydroxylation is 1. The summed E-state index contributed by atoms with van der Waals surface area (Å²) in [5.41, 5.74) is -2.77. The van der Waals surface area contributed by atoms with E-state index in [1.165, 1.54) is 30.3 Å². The van der Waals surface area contributed by atoms with Crippen molar-refractivity contribution in [1.82, 2.24) is 5.32 Å². The van der Waals surface area contributed by atoms with Crippen molar-refractivity contribution in [3.05, 3.63) is 52.4 Å². The molecule has 10 heteroatoms. The number of nitrogens with one attached hydrogen (secondary N) is 2.